The van der Waals surface area contributed by atoms with E-state index >= 15 is 0 Å². The molecule has 0 aliphatic rings. The topological polar surface area (TPSA) is 0 Å². The first-order valence-corrected chi connectivity index (χ1v) is 12.5. The minimum atomic E-state index is 0.117. The summed E-state index contributed by atoms with van der Waals surface area (Å²) >= 11 is 0. The molecule has 0 radical (unpaired) electrons. The molecule has 4 aromatic rings. The quantitative estimate of drug-likeness (QED) is 0.271. The number of hydrogen-bond donors (Lipinski definition) is 0. The molecule has 0 aliphatic carbocycles. The third-order valence-electron chi connectivity index (χ3n) is 7.56. The van der Waals surface area contributed by atoms with Crippen molar-refractivity contribution in [1.82, 2.24) is 0 Å². The largest absolute Gasteiger partial charge is 0.0654 e. The lowest BCUT2D eigenvalue weighted by atomic mass is 9.75. The van der Waals surface area contributed by atoms with Crippen LogP contribution in [0.2, 0.25) is 0 Å². The smallest absolute Gasteiger partial charge is 0.00960 e. The van der Waals surface area contributed by atoms with Gasteiger partial charge in [-0.1, -0.05) is 109 Å². The van der Waals surface area contributed by atoms with Crippen molar-refractivity contribution in [2.24, 2.45) is 0 Å². The van der Waals surface area contributed by atoms with Crippen molar-refractivity contribution in [3.8, 4) is 22.3 Å². The first kappa shape index (κ1) is 23.3. The molecule has 0 fully saturated rings. The zero-order valence-corrected chi connectivity index (χ0v) is 21.2. The van der Waals surface area contributed by atoms with Gasteiger partial charge in [0.05, 0.1) is 0 Å². The Bertz CT molecular complexity index is 1230. The Morgan fingerprint density at radius 2 is 0.970 bits per heavy atom. The van der Waals surface area contributed by atoms with Gasteiger partial charge in [-0.2, -0.15) is 0 Å². The summed E-state index contributed by atoms with van der Waals surface area (Å²) in [5.74, 6) is 0. The monoisotopic (exact) mass is 434 g/mol. The van der Waals surface area contributed by atoms with Crippen LogP contribution in [-0.4, -0.2) is 0 Å². The zero-order chi connectivity index (χ0) is 23.6. The summed E-state index contributed by atoms with van der Waals surface area (Å²) in [5.41, 5.74) is 8.36. The minimum absolute atomic E-state index is 0.117. The molecule has 0 saturated carbocycles. The maximum absolute atomic E-state index is 2.47. The maximum atomic E-state index is 2.47. The van der Waals surface area contributed by atoms with Crippen LogP contribution in [0.5, 0.6) is 0 Å². The van der Waals surface area contributed by atoms with Gasteiger partial charge in [0.25, 0.3) is 0 Å². The first-order valence-electron chi connectivity index (χ1n) is 12.5. The molecule has 0 aromatic heterocycles. The van der Waals surface area contributed by atoms with Crippen LogP contribution in [-0.2, 0) is 10.8 Å². The highest BCUT2D eigenvalue weighted by atomic mass is 14.3. The summed E-state index contributed by atoms with van der Waals surface area (Å²) in [4.78, 5) is 0. The van der Waals surface area contributed by atoms with Crippen LogP contribution in [0.25, 0.3) is 33.0 Å². The third-order valence-corrected chi connectivity index (χ3v) is 7.56. The van der Waals surface area contributed by atoms with Gasteiger partial charge >= 0.3 is 0 Å². The molecule has 0 unspecified atom stereocenters. The van der Waals surface area contributed by atoms with Crippen molar-refractivity contribution in [3.63, 3.8) is 0 Å². The lowest BCUT2D eigenvalue weighted by molar-refractivity contribution is 0.474. The zero-order valence-electron chi connectivity index (χ0n) is 21.2. The van der Waals surface area contributed by atoms with Crippen LogP contribution in [0.15, 0.2) is 84.9 Å². The Balaban J connectivity index is 2.15. The normalized spacial score (nSPS) is 12.3. The van der Waals surface area contributed by atoms with Crippen LogP contribution in [0, 0.1) is 0 Å². The molecule has 0 heteroatoms. The van der Waals surface area contributed by atoms with Crippen molar-refractivity contribution in [2.75, 3.05) is 0 Å². The Kier molecular flexibility index (Phi) is 6.48. The molecule has 4 aromatic carbocycles. The van der Waals surface area contributed by atoms with E-state index in [1.165, 1.54) is 57.0 Å². The molecule has 0 aliphatic heterocycles. The van der Waals surface area contributed by atoms with Gasteiger partial charge in [-0.05, 0) is 92.1 Å². The van der Waals surface area contributed by atoms with Crippen LogP contribution in [0.3, 0.4) is 0 Å². The highest BCUT2D eigenvalue weighted by molar-refractivity contribution is 6.05. The molecule has 0 spiro atoms. The van der Waals surface area contributed by atoms with Crippen LogP contribution in [0.1, 0.15) is 71.9 Å². The summed E-state index contributed by atoms with van der Waals surface area (Å²) < 4.78 is 0. The fraction of sp³-hybridized carbons (Fsp3) is 0.333. The van der Waals surface area contributed by atoms with E-state index in [0.717, 1.165) is 6.42 Å². The van der Waals surface area contributed by atoms with E-state index in [0.29, 0.717) is 0 Å². The van der Waals surface area contributed by atoms with Crippen LogP contribution in [0.4, 0.5) is 0 Å². The Morgan fingerprint density at radius 1 is 0.545 bits per heavy atom. The standard InChI is InChI=1S/C33H38/c1-7-19-33(5,6)27-21-29(25-17-13-10-14-18-25)30-22-26(32(3,4)8-2)20-28(31(30)23-27)24-15-11-9-12-16-24/h9-18,20-23H,7-8,19H2,1-6H3. The fourth-order valence-corrected chi connectivity index (χ4v) is 4.93. The third kappa shape index (κ3) is 4.62. The Hall–Kier alpha value is -2.86. The molecular weight excluding hydrogens is 396 g/mol. The molecule has 0 saturated heterocycles. The number of benzene rings is 4. The van der Waals surface area contributed by atoms with Crippen LogP contribution >= 0.6 is 0 Å². The van der Waals surface area contributed by atoms with E-state index in [1.54, 1.807) is 0 Å². The Morgan fingerprint density at radius 3 is 1.36 bits per heavy atom. The predicted octanol–water partition coefficient (Wildman–Crippen LogP) is 9.94. The van der Waals surface area contributed by atoms with Crippen molar-refractivity contribution in [3.05, 3.63) is 96.1 Å². The number of rotatable bonds is 7. The molecule has 0 heterocycles. The van der Waals surface area contributed by atoms with E-state index in [4.69, 9.17) is 0 Å². The lowest BCUT2D eigenvalue weighted by Gasteiger charge is -2.29. The van der Waals surface area contributed by atoms with Crippen LogP contribution < -0.4 is 0 Å². The molecule has 170 valence electrons. The van der Waals surface area contributed by atoms with Gasteiger partial charge in [-0.25, -0.2) is 0 Å². The van der Waals surface area contributed by atoms with Gasteiger partial charge < -0.3 is 0 Å². The summed E-state index contributed by atoms with van der Waals surface area (Å²) in [6.07, 6.45) is 3.46. The van der Waals surface area contributed by atoms with E-state index in [-0.39, 0.29) is 10.8 Å². The van der Waals surface area contributed by atoms with Gasteiger partial charge in [0, 0.05) is 0 Å². The average molecular weight is 435 g/mol. The second kappa shape index (κ2) is 9.18. The van der Waals surface area contributed by atoms with Gasteiger partial charge in [0.1, 0.15) is 0 Å². The lowest BCUT2D eigenvalue weighted by Crippen LogP contribution is -2.17. The highest BCUT2D eigenvalue weighted by Gasteiger charge is 2.25. The van der Waals surface area contributed by atoms with E-state index < -0.39 is 0 Å². The Labute approximate surface area is 200 Å². The number of fused-ring (bicyclic) bond motifs is 1. The summed E-state index contributed by atoms with van der Waals surface area (Å²) in [6.45, 7) is 14.1. The van der Waals surface area contributed by atoms with Crippen molar-refractivity contribution in [2.45, 2.75) is 71.6 Å². The molecule has 0 N–H and O–H groups in total. The van der Waals surface area contributed by atoms with Crippen molar-refractivity contribution < 1.29 is 0 Å². The van der Waals surface area contributed by atoms with E-state index in [2.05, 4.69) is 126 Å². The molecule has 33 heavy (non-hydrogen) atoms. The molecule has 0 nitrogen and oxygen atoms in total. The summed E-state index contributed by atoms with van der Waals surface area (Å²) in [6, 6.07) is 31.7. The highest BCUT2D eigenvalue weighted by Crippen LogP contribution is 2.43. The first-order chi connectivity index (χ1) is 15.8. The SMILES string of the molecule is CCCC(C)(C)c1cc(-c2ccccc2)c2cc(C(C)(C)CC)cc(-c3ccccc3)c2c1. The van der Waals surface area contributed by atoms with Gasteiger partial charge in [-0.3, -0.25) is 0 Å². The second-order valence-electron chi connectivity index (χ2n) is 10.7. The molecule has 0 amide bonds. The molecule has 0 bridgehead atoms. The van der Waals surface area contributed by atoms with Gasteiger partial charge in [-0.15, -0.1) is 0 Å². The van der Waals surface area contributed by atoms with E-state index in [9.17, 15) is 0 Å². The van der Waals surface area contributed by atoms with Gasteiger partial charge in [0.2, 0.25) is 0 Å². The predicted molar refractivity (Wildman–Crippen MR) is 146 cm³/mol. The molecule has 4 rings (SSSR count). The summed E-state index contributed by atoms with van der Waals surface area (Å²) in [5, 5.41) is 2.72. The number of hydrogen-bond acceptors (Lipinski definition) is 0. The maximum Gasteiger partial charge on any atom is -0.00960 e. The van der Waals surface area contributed by atoms with E-state index in [1.807, 2.05) is 0 Å². The second-order valence-corrected chi connectivity index (χ2v) is 10.7. The van der Waals surface area contributed by atoms with Gasteiger partial charge in [0.15, 0.2) is 0 Å². The van der Waals surface area contributed by atoms with Crippen molar-refractivity contribution in [1.29, 1.82) is 0 Å². The molecule has 0 atom stereocenters. The fourth-order valence-electron chi connectivity index (χ4n) is 4.93. The average Bonchev–Trinajstić information content (AvgIpc) is 2.83. The molecular formula is C33H38. The summed E-state index contributed by atoms with van der Waals surface area (Å²) in [7, 11) is 0. The van der Waals surface area contributed by atoms with Crippen molar-refractivity contribution >= 4 is 10.8 Å². The minimum Gasteiger partial charge on any atom is -0.0654 e.